The average molecular weight is 205 g/mol. The summed E-state index contributed by atoms with van der Waals surface area (Å²) in [5, 5.41) is 0. The molecule has 4 rings (SSSR count). The molecule has 84 valence electrons. The van der Waals surface area contributed by atoms with E-state index in [9.17, 15) is 0 Å². The summed E-state index contributed by atoms with van der Waals surface area (Å²) in [6.45, 7) is 0. The Morgan fingerprint density at radius 1 is 0.800 bits per heavy atom. The number of hydrogen-bond acceptors (Lipinski definition) is 1. The Morgan fingerprint density at radius 3 is 2.07 bits per heavy atom. The lowest BCUT2D eigenvalue weighted by atomic mass is 9.55. The molecule has 4 aliphatic carbocycles. The summed E-state index contributed by atoms with van der Waals surface area (Å²) in [7, 11) is 0. The molecular formula is C14H23N. The van der Waals surface area contributed by atoms with Gasteiger partial charge in [-0.3, -0.25) is 0 Å². The number of hydrogen-bond donors (Lipinski definition) is 1. The molecule has 4 bridgehead atoms. The van der Waals surface area contributed by atoms with E-state index in [2.05, 4.69) is 0 Å². The highest BCUT2D eigenvalue weighted by molar-refractivity contribution is 5.17. The van der Waals surface area contributed by atoms with Crippen LogP contribution in [0.15, 0.2) is 0 Å². The Balaban J connectivity index is 1.80. The van der Waals surface area contributed by atoms with E-state index >= 15 is 0 Å². The third kappa shape index (κ3) is 0.868. The highest BCUT2D eigenvalue weighted by atomic mass is 14.8. The van der Waals surface area contributed by atoms with Crippen molar-refractivity contribution in [3.63, 3.8) is 0 Å². The summed E-state index contributed by atoms with van der Waals surface area (Å²) in [4.78, 5) is 0. The lowest BCUT2D eigenvalue weighted by Crippen LogP contribution is -2.53. The summed E-state index contributed by atoms with van der Waals surface area (Å²) in [6, 6.07) is 0.592. The van der Waals surface area contributed by atoms with E-state index < -0.39 is 0 Å². The zero-order chi connectivity index (χ0) is 10.0. The molecule has 0 aliphatic heterocycles. The molecule has 5 atom stereocenters. The van der Waals surface area contributed by atoms with Gasteiger partial charge in [-0.25, -0.2) is 0 Å². The van der Waals surface area contributed by atoms with Crippen molar-refractivity contribution in [1.82, 2.24) is 0 Å². The van der Waals surface area contributed by atoms with Crippen LogP contribution >= 0.6 is 0 Å². The van der Waals surface area contributed by atoms with Gasteiger partial charge in [0.1, 0.15) is 0 Å². The van der Waals surface area contributed by atoms with Gasteiger partial charge < -0.3 is 5.73 Å². The normalized spacial score (nSPS) is 61.8. The van der Waals surface area contributed by atoms with Gasteiger partial charge >= 0.3 is 0 Å². The third-order valence-corrected chi connectivity index (χ3v) is 6.65. The van der Waals surface area contributed by atoms with E-state index in [-0.39, 0.29) is 0 Å². The monoisotopic (exact) mass is 205 g/mol. The van der Waals surface area contributed by atoms with Crippen LogP contribution in [0.5, 0.6) is 0 Å². The molecule has 15 heavy (non-hydrogen) atoms. The molecular weight excluding hydrogens is 182 g/mol. The zero-order valence-electron chi connectivity index (χ0n) is 9.62. The van der Waals surface area contributed by atoms with E-state index in [0.717, 1.165) is 23.7 Å². The second kappa shape index (κ2) is 2.80. The summed E-state index contributed by atoms with van der Waals surface area (Å²) in [5.41, 5.74) is 7.30. The molecule has 1 spiro atoms. The van der Waals surface area contributed by atoms with Gasteiger partial charge in [-0.1, -0.05) is 6.42 Å². The predicted molar refractivity (Wildman–Crippen MR) is 61.3 cm³/mol. The van der Waals surface area contributed by atoms with Crippen molar-refractivity contribution >= 4 is 0 Å². The van der Waals surface area contributed by atoms with Crippen molar-refractivity contribution in [3.05, 3.63) is 0 Å². The molecule has 0 aromatic rings. The van der Waals surface area contributed by atoms with Crippen LogP contribution in [0.2, 0.25) is 0 Å². The topological polar surface area (TPSA) is 26.0 Å². The second-order valence-electron chi connectivity index (χ2n) is 6.70. The highest BCUT2D eigenvalue weighted by Crippen LogP contribution is 2.69. The van der Waals surface area contributed by atoms with Crippen LogP contribution in [-0.2, 0) is 0 Å². The van der Waals surface area contributed by atoms with Gasteiger partial charge in [-0.05, 0) is 74.0 Å². The highest BCUT2D eigenvalue weighted by Gasteiger charge is 2.65. The van der Waals surface area contributed by atoms with E-state index in [1.54, 1.807) is 0 Å². The first-order valence-corrected chi connectivity index (χ1v) is 7.09. The second-order valence-corrected chi connectivity index (χ2v) is 6.70. The van der Waals surface area contributed by atoms with Crippen molar-refractivity contribution in [2.45, 2.75) is 57.4 Å². The zero-order valence-corrected chi connectivity index (χ0v) is 9.62. The van der Waals surface area contributed by atoms with Crippen LogP contribution in [0.25, 0.3) is 0 Å². The maximum Gasteiger partial charge on any atom is 0.0132 e. The van der Waals surface area contributed by atoms with Crippen LogP contribution < -0.4 is 5.73 Å². The van der Waals surface area contributed by atoms with Crippen LogP contribution in [0.4, 0.5) is 0 Å². The van der Waals surface area contributed by atoms with Crippen LogP contribution in [0, 0.1) is 29.1 Å². The van der Waals surface area contributed by atoms with Crippen molar-refractivity contribution in [1.29, 1.82) is 0 Å². The fourth-order valence-electron chi connectivity index (χ4n) is 6.32. The fraction of sp³-hybridized carbons (Fsp3) is 1.00. The van der Waals surface area contributed by atoms with Crippen molar-refractivity contribution < 1.29 is 0 Å². The Bertz CT molecular complexity index is 258. The molecule has 0 amide bonds. The average Bonchev–Trinajstić information content (AvgIpc) is 2.85. The minimum Gasteiger partial charge on any atom is -0.327 e. The van der Waals surface area contributed by atoms with E-state index in [1.165, 1.54) is 51.4 Å². The van der Waals surface area contributed by atoms with E-state index in [0.29, 0.717) is 11.5 Å². The molecule has 4 aliphatic rings. The molecule has 2 N–H and O–H groups in total. The third-order valence-electron chi connectivity index (χ3n) is 6.65. The smallest absolute Gasteiger partial charge is 0.0132 e. The van der Waals surface area contributed by atoms with Gasteiger partial charge in [0.2, 0.25) is 0 Å². The molecule has 0 radical (unpaired) electrons. The van der Waals surface area contributed by atoms with Gasteiger partial charge in [0, 0.05) is 6.04 Å². The van der Waals surface area contributed by atoms with Gasteiger partial charge in [-0.15, -0.1) is 0 Å². The van der Waals surface area contributed by atoms with Crippen LogP contribution in [0.1, 0.15) is 51.4 Å². The summed E-state index contributed by atoms with van der Waals surface area (Å²) < 4.78 is 0. The van der Waals surface area contributed by atoms with Crippen molar-refractivity contribution in [2.75, 3.05) is 0 Å². The van der Waals surface area contributed by atoms with Gasteiger partial charge in [-0.2, -0.15) is 0 Å². The number of nitrogens with two attached hydrogens (primary N) is 1. The van der Waals surface area contributed by atoms with E-state index in [1.807, 2.05) is 0 Å². The Hall–Kier alpha value is -0.0400. The lowest BCUT2D eigenvalue weighted by Gasteiger charge is -2.51. The summed E-state index contributed by atoms with van der Waals surface area (Å²) >= 11 is 0. The quantitative estimate of drug-likeness (QED) is 0.646. The molecule has 4 fully saturated rings. The van der Waals surface area contributed by atoms with Crippen LogP contribution in [-0.4, -0.2) is 6.04 Å². The Kier molecular flexibility index (Phi) is 1.68. The maximum atomic E-state index is 6.65. The lowest BCUT2D eigenvalue weighted by molar-refractivity contribution is -0.00185. The summed E-state index contributed by atoms with van der Waals surface area (Å²) in [5.74, 6) is 4.01. The van der Waals surface area contributed by atoms with Crippen molar-refractivity contribution in [3.8, 4) is 0 Å². The summed E-state index contributed by atoms with van der Waals surface area (Å²) in [6.07, 6.45) is 12.0. The Labute approximate surface area is 92.8 Å². The van der Waals surface area contributed by atoms with Gasteiger partial charge in [0.25, 0.3) is 0 Å². The molecule has 0 heterocycles. The molecule has 1 nitrogen and oxygen atoms in total. The van der Waals surface area contributed by atoms with E-state index in [4.69, 9.17) is 5.73 Å². The van der Waals surface area contributed by atoms with Crippen LogP contribution in [0.3, 0.4) is 0 Å². The number of fused-ring (bicyclic) bond motifs is 2. The molecule has 0 aromatic carbocycles. The molecule has 0 saturated heterocycles. The fourth-order valence-corrected chi connectivity index (χ4v) is 6.32. The largest absolute Gasteiger partial charge is 0.327 e. The first kappa shape index (κ1) is 9.04. The van der Waals surface area contributed by atoms with Gasteiger partial charge in [0.05, 0.1) is 0 Å². The molecule has 2 unspecified atom stereocenters. The predicted octanol–water partition coefficient (Wildman–Crippen LogP) is 2.94. The maximum absolute atomic E-state index is 6.65. The molecule has 0 aromatic heterocycles. The molecule has 1 heteroatoms. The Morgan fingerprint density at radius 2 is 1.47 bits per heavy atom. The van der Waals surface area contributed by atoms with Crippen molar-refractivity contribution in [2.24, 2.45) is 34.8 Å². The molecule has 4 saturated carbocycles. The minimum absolute atomic E-state index is 0.592. The minimum atomic E-state index is 0.592. The standard InChI is InChI=1S/C14H23N/c15-13-9-4-5-12(8-9)14(13)10-2-1-3-11(14)7-6-10/h9-13H,1-8,15H2/t9-,10?,11?,12+,13-,14?/m1/s1. The first-order chi connectivity index (χ1) is 7.33. The van der Waals surface area contributed by atoms with Gasteiger partial charge in [0.15, 0.2) is 0 Å². The SMILES string of the molecule is N[C@@H]1[C@@H]2CC[C@@H](C2)C12C1CCCC2CC1. The number of rotatable bonds is 0. The first-order valence-electron chi connectivity index (χ1n) is 7.09.